The Morgan fingerprint density at radius 1 is 1.19 bits per heavy atom. The second-order valence-corrected chi connectivity index (χ2v) is 4.97. The zero-order valence-corrected chi connectivity index (χ0v) is 13.1. The molecule has 1 rings (SSSR count). The van der Waals surface area contributed by atoms with Gasteiger partial charge in [0.2, 0.25) is 0 Å². The van der Waals surface area contributed by atoms with Gasteiger partial charge in [-0.3, -0.25) is 4.79 Å². The highest BCUT2D eigenvalue weighted by Crippen LogP contribution is 2.34. The number of rotatable bonds is 6. The maximum Gasteiger partial charge on any atom is 0.348 e. The molecule has 1 heterocycles. The first-order valence-corrected chi connectivity index (χ1v) is 6.95. The van der Waals surface area contributed by atoms with Gasteiger partial charge in [0.15, 0.2) is 0 Å². The fourth-order valence-electron chi connectivity index (χ4n) is 1.63. The van der Waals surface area contributed by atoms with Gasteiger partial charge in [0.25, 0.3) is 5.91 Å². The highest BCUT2D eigenvalue weighted by atomic mass is 32.1. The molecule has 0 unspecified atom stereocenters. The van der Waals surface area contributed by atoms with Crippen molar-refractivity contribution in [2.24, 2.45) is 0 Å². The largest absolute Gasteiger partial charge is 0.465 e. The van der Waals surface area contributed by atoms with Gasteiger partial charge in [0, 0.05) is 7.11 Å². The summed E-state index contributed by atoms with van der Waals surface area (Å²) < 4.78 is 14.3. The summed E-state index contributed by atoms with van der Waals surface area (Å²) >= 11 is 0.964. The van der Waals surface area contributed by atoms with Crippen molar-refractivity contribution in [1.29, 1.82) is 0 Å². The van der Waals surface area contributed by atoms with E-state index in [9.17, 15) is 14.4 Å². The van der Waals surface area contributed by atoms with E-state index in [-0.39, 0.29) is 28.7 Å². The van der Waals surface area contributed by atoms with E-state index in [1.54, 1.807) is 13.8 Å². The zero-order chi connectivity index (χ0) is 16.0. The van der Waals surface area contributed by atoms with Crippen molar-refractivity contribution in [3.8, 4) is 0 Å². The maximum atomic E-state index is 12.0. The van der Waals surface area contributed by atoms with E-state index in [4.69, 9.17) is 9.47 Å². The molecule has 1 aromatic heterocycles. The number of hydrogen-bond acceptors (Lipinski definition) is 7. The summed E-state index contributed by atoms with van der Waals surface area (Å²) in [5, 5.41) is 2.78. The summed E-state index contributed by atoms with van der Waals surface area (Å²) in [7, 11) is 2.63. The summed E-state index contributed by atoms with van der Waals surface area (Å²) in [5.41, 5.74) is 0.574. The molecule has 0 spiro atoms. The average molecular weight is 315 g/mol. The molecule has 0 fully saturated rings. The van der Waals surface area contributed by atoms with E-state index >= 15 is 0 Å². The number of nitrogens with one attached hydrogen (secondary N) is 1. The Kier molecular flexibility index (Phi) is 6.32. The van der Waals surface area contributed by atoms with Gasteiger partial charge in [-0.1, -0.05) is 0 Å². The molecule has 1 N–H and O–H groups in total. The lowest BCUT2D eigenvalue weighted by molar-refractivity contribution is -0.119. The van der Waals surface area contributed by atoms with Crippen molar-refractivity contribution in [2.45, 2.75) is 13.8 Å². The van der Waals surface area contributed by atoms with Gasteiger partial charge in [-0.05, 0) is 19.4 Å². The zero-order valence-electron chi connectivity index (χ0n) is 12.3. The minimum atomic E-state index is -0.603. The van der Waals surface area contributed by atoms with Gasteiger partial charge in [-0.25, -0.2) is 9.59 Å². The second-order valence-electron chi connectivity index (χ2n) is 3.95. The molecular formula is C13H17NO6S. The van der Waals surface area contributed by atoms with Crippen LogP contribution < -0.4 is 5.32 Å². The van der Waals surface area contributed by atoms with Crippen LogP contribution in [0.15, 0.2) is 0 Å². The van der Waals surface area contributed by atoms with E-state index in [1.807, 2.05) is 0 Å². The molecule has 0 aromatic carbocycles. The molecule has 21 heavy (non-hydrogen) atoms. The molecule has 0 aliphatic heterocycles. The molecule has 8 heteroatoms. The Bertz CT molecular complexity index is 551. The number of ether oxygens (including phenoxy) is 3. The first-order valence-electron chi connectivity index (χ1n) is 6.13. The number of carbonyl (C=O) groups is 3. The quantitative estimate of drug-likeness (QED) is 0.802. The van der Waals surface area contributed by atoms with Crippen molar-refractivity contribution in [3.63, 3.8) is 0 Å². The third kappa shape index (κ3) is 4.02. The van der Waals surface area contributed by atoms with Crippen molar-refractivity contribution < 1.29 is 28.6 Å². The van der Waals surface area contributed by atoms with Gasteiger partial charge >= 0.3 is 11.9 Å². The summed E-state index contributed by atoms with van der Waals surface area (Å²) in [6.45, 7) is 3.30. The van der Waals surface area contributed by atoms with Crippen LogP contribution in [0, 0.1) is 6.92 Å². The van der Waals surface area contributed by atoms with Crippen molar-refractivity contribution >= 4 is 34.2 Å². The minimum Gasteiger partial charge on any atom is -0.465 e. The molecule has 0 aliphatic carbocycles. The lowest BCUT2D eigenvalue weighted by Gasteiger charge is -2.06. The van der Waals surface area contributed by atoms with E-state index in [1.165, 1.54) is 14.2 Å². The lowest BCUT2D eigenvalue weighted by Crippen LogP contribution is -2.18. The molecule has 1 amide bonds. The topological polar surface area (TPSA) is 90.9 Å². The van der Waals surface area contributed by atoms with Crippen LogP contribution >= 0.6 is 11.3 Å². The Hall–Kier alpha value is -1.93. The average Bonchev–Trinajstić information content (AvgIpc) is 2.75. The second kappa shape index (κ2) is 7.75. The Morgan fingerprint density at radius 2 is 1.86 bits per heavy atom. The first kappa shape index (κ1) is 17.1. The predicted molar refractivity (Wildman–Crippen MR) is 76.9 cm³/mol. The van der Waals surface area contributed by atoms with Crippen LogP contribution in [0.3, 0.4) is 0 Å². The van der Waals surface area contributed by atoms with E-state index in [0.29, 0.717) is 5.56 Å². The van der Waals surface area contributed by atoms with Crippen LogP contribution in [0.4, 0.5) is 5.00 Å². The number of methoxy groups -OCH3 is 2. The SMILES string of the molecule is CCOC(=O)c1c(NC(=O)COC)sc(C(=O)OC)c1C. The Labute approximate surface area is 126 Å². The molecule has 116 valence electrons. The molecule has 7 nitrogen and oxygen atoms in total. The van der Waals surface area contributed by atoms with Gasteiger partial charge in [0.05, 0.1) is 19.3 Å². The summed E-state index contributed by atoms with van der Waals surface area (Å²) in [6.07, 6.45) is 0. The molecule has 0 bridgehead atoms. The van der Waals surface area contributed by atoms with Crippen LogP contribution in [0.5, 0.6) is 0 Å². The van der Waals surface area contributed by atoms with Crippen LogP contribution in [-0.2, 0) is 19.0 Å². The molecule has 0 atom stereocenters. The number of hydrogen-bond donors (Lipinski definition) is 1. The lowest BCUT2D eigenvalue weighted by atomic mass is 10.1. The third-order valence-corrected chi connectivity index (χ3v) is 3.71. The van der Waals surface area contributed by atoms with Gasteiger partial charge < -0.3 is 19.5 Å². The standard InChI is InChI=1S/C13H17NO6S/c1-5-20-12(16)9-7(2)10(13(17)19-4)21-11(9)14-8(15)6-18-3/h5-6H2,1-4H3,(H,14,15). The highest BCUT2D eigenvalue weighted by Gasteiger charge is 2.26. The molecule has 0 saturated carbocycles. The fraction of sp³-hybridized carbons (Fsp3) is 0.462. The van der Waals surface area contributed by atoms with Crippen LogP contribution in [-0.4, -0.2) is 45.3 Å². The van der Waals surface area contributed by atoms with Crippen LogP contribution in [0.1, 0.15) is 32.5 Å². The minimum absolute atomic E-state index is 0.159. The molecule has 0 saturated heterocycles. The van der Waals surface area contributed by atoms with Crippen molar-refractivity contribution in [2.75, 3.05) is 32.8 Å². The Balaban J connectivity index is 3.22. The number of amides is 1. The summed E-state index contributed by atoms with van der Waals surface area (Å²) in [5.74, 6) is -1.61. The fourth-order valence-corrected chi connectivity index (χ4v) is 2.76. The van der Waals surface area contributed by atoms with Crippen LogP contribution in [0.2, 0.25) is 0 Å². The summed E-state index contributed by atoms with van der Waals surface area (Å²) in [6, 6.07) is 0. The maximum absolute atomic E-state index is 12.0. The number of thiophene rings is 1. The van der Waals surface area contributed by atoms with Crippen LogP contribution in [0.25, 0.3) is 0 Å². The van der Waals surface area contributed by atoms with Gasteiger partial charge in [0.1, 0.15) is 16.5 Å². The molecule has 0 radical (unpaired) electrons. The van der Waals surface area contributed by atoms with Crippen molar-refractivity contribution in [1.82, 2.24) is 0 Å². The van der Waals surface area contributed by atoms with Gasteiger partial charge in [-0.2, -0.15) is 0 Å². The number of carbonyl (C=O) groups excluding carboxylic acids is 3. The smallest absolute Gasteiger partial charge is 0.348 e. The molecule has 1 aromatic rings. The number of anilines is 1. The summed E-state index contributed by atoms with van der Waals surface area (Å²) in [4.78, 5) is 35.5. The first-order chi connectivity index (χ1) is 9.96. The monoisotopic (exact) mass is 315 g/mol. The number of esters is 2. The van der Waals surface area contributed by atoms with Crippen molar-refractivity contribution in [3.05, 3.63) is 16.0 Å². The predicted octanol–water partition coefficient (Wildman–Crippen LogP) is 1.60. The van der Waals surface area contributed by atoms with E-state index in [0.717, 1.165) is 11.3 Å². The highest BCUT2D eigenvalue weighted by molar-refractivity contribution is 7.18. The molecule has 0 aliphatic rings. The third-order valence-electron chi connectivity index (χ3n) is 2.53. The van der Waals surface area contributed by atoms with Gasteiger partial charge in [-0.15, -0.1) is 11.3 Å². The normalized spacial score (nSPS) is 10.1. The molecular weight excluding hydrogens is 298 g/mol. The van der Waals surface area contributed by atoms with E-state index in [2.05, 4.69) is 10.1 Å². The Morgan fingerprint density at radius 3 is 2.38 bits per heavy atom. The van der Waals surface area contributed by atoms with E-state index < -0.39 is 17.8 Å².